The van der Waals surface area contributed by atoms with E-state index in [9.17, 15) is 0 Å². The molecule has 56 valence electrons. The molecule has 1 aromatic heterocycles. The minimum atomic E-state index is 0.504. The van der Waals surface area contributed by atoms with E-state index in [4.69, 9.17) is 4.42 Å². The molecule has 3 heteroatoms. The van der Waals surface area contributed by atoms with Crippen LogP contribution in [-0.2, 0) is 0 Å². The Morgan fingerprint density at radius 1 is 1.45 bits per heavy atom. The van der Waals surface area contributed by atoms with Gasteiger partial charge in [-0.25, -0.2) is 0 Å². The molecule has 0 radical (unpaired) electrons. The van der Waals surface area contributed by atoms with Crippen molar-refractivity contribution < 1.29 is 4.42 Å². The Hall–Kier alpha value is -1.14. The quantitative estimate of drug-likeness (QED) is 0.568. The maximum atomic E-state index is 5.18. The average Bonchev–Trinajstić information content (AvgIpc) is 2.46. The van der Waals surface area contributed by atoms with Crippen LogP contribution in [-0.4, -0.2) is 11.2 Å². The normalized spacial score (nSPS) is 8.82. The summed E-state index contributed by atoms with van der Waals surface area (Å²) in [7, 11) is 0. The summed E-state index contributed by atoms with van der Waals surface area (Å²) in [6.45, 7) is 6.91. The van der Waals surface area contributed by atoms with Gasteiger partial charge in [0.1, 0.15) is 0 Å². The van der Waals surface area contributed by atoms with E-state index in [1.807, 2.05) is 6.26 Å². The molecule has 0 aliphatic carbocycles. The third kappa shape index (κ3) is 1.47. The van der Waals surface area contributed by atoms with Crippen LogP contribution in [0.25, 0.3) is 11.5 Å². The van der Waals surface area contributed by atoms with Gasteiger partial charge in [-0.15, -0.1) is 0 Å². The molecular formula is C8H7NOS. The molecule has 0 saturated carbocycles. The van der Waals surface area contributed by atoms with Gasteiger partial charge >= 0.3 is 0 Å². The SMILES string of the molecule is C=C=c1nc(SC)oc1=C=C. The molecule has 0 aromatic carbocycles. The van der Waals surface area contributed by atoms with Gasteiger partial charge in [-0.1, -0.05) is 36.4 Å². The monoisotopic (exact) mass is 165 g/mol. The van der Waals surface area contributed by atoms with E-state index in [0.29, 0.717) is 16.0 Å². The second-order valence-electron chi connectivity index (χ2n) is 1.72. The Morgan fingerprint density at radius 3 is 2.55 bits per heavy atom. The number of hydrogen-bond donors (Lipinski definition) is 0. The summed E-state index contributed by atoms with van der Waals surface area (Å²) < 4.78 is 5.18. The zero-order valence-electron chi connectivity index (χ0n) is 6.18. The van der Waals surface area contributed by atoms with Crippen LogP contribution in [0.1, 0.15) is 0 Å². The largest absolute Gasteiger partial charge is 0.422 e. The summed E-state index contributed by atoms with van der Waals surface area (Å²) in [5, 5.41) is 1.16. The Morgan fingerprint density at radius 2 is 2.18 bits per heavy atom. The first-order chi connectivity index (χ1) is 5.31. The van der Waals surface area contributed by atoms with Crippen molar-refractivity contribution >= 4 is 23.2 Å². The smallest absolute Gasteiger partial charge is 0.257 e. The molecule has 11 heavy (non-hydrogen) atoms. The van der Waals surface area contributed by atoms with Crippen LogP contribution in [0.15, 0.2) is 22.8 Å². The van der Waals surface area contributed by atoms with Gasteiger partial charge in [0.25, 0.3) is 5.22 Å². The van der Waals surface area contributed by atoms with Crippen LogP contribution in [0.3, 0.4) is 0 Å². The van der Waals surface area contributed by atoms with Crippen LogP contribution >= 0.6 is 11.8 Å². The summed E-state index contributed by atoms with van der Waals surface area (Å²) in [6.07, 6.45) is 1.88. The van der Waals surface area contributed by atoms with Crippen molar-refractivity contribution in [3.63, 3.8) is 0 Å². The molecule has 1 heterocycles. The topological polar surface area (TPSA) is 26.0 Å². The van der Waals surface area contributed by atoms with Crippen molar-refractivity contribution in [3.05, 3.63) is 23.9 Å². The lowest BCUT2D eigenvalue weighted by molar-refractivity contribution is 0.430. The van der Waals surface area contributed by atoms with Gasteiger partial charge in [0, 0.05) is 0 Å². The summed E-state index contributed by atoms with van der Waals surface area (Å²) in [5.74, 6) is 0. The molecule has 0 aliphatic heterocycles. The molecule has 0 saturated heterocycles. The molecule has 0 amide bonds. The van der Waals surface area contributed by atoms with Crippen LogP contribution in [0.2, 0.25) is 0 Å². The third-order valence-electron chi connectivity index (χ3n) is 1.11. The lowest BCUT2D eigenvalue weighted by Crippen LogP contribution is -2.18. The van der Waals surface area contributed by atoms with Crippen molar-refractivity contribution in [2.75, 3.05) is 6.26 Å². The van der Waals surface area contributed by atoms with Crippen LogP contribution in [0, 0.1) is 0 Å². The van der Waals surface area contributed by atoms with Gasteiger partial charge in [-0.05, 0) is 6.26 Å². The number of thioether (sulfide) groups is 1. The molecule has 0 N–H and O–H groups in total. The van der Waals surface area contributed by atoms with Gasteiger partial charge in [-0.3, -0.25) is 0 Å². The van der Waals surface area contributed by atoms with Gasteiger partial charge < -0.3 is 4.42 Å². The van der Waals surface area contributed by atoms with E-state index in [2.05, 4.69) is 29.6 Å². The zero-order valence-corrected chi connectivity index (χ0v) is 6.99. The molecule has 0 unspecified atom stereocenters. The minimum Gasteiger partial charge on any atom is -0.422 e. The van der Waals surface area contributed by atoms with E-state index in [1.54, 1.807) is 0 Å². The van der Waals surface area contributed by atoms with E-state index in [1.165, 1.54) is 11.8 Å². The Balaban J connectivity index is 3.63. The first kappa shape index (κ1) is 7.96. The fourth-order valence-corrected chi connectivity index (χ4v) is 0.977. The maximum absolute atomic E-state index is 5.18. The lowest BCUT2D eigenvalue weighted by Gasteiger charge is -1.77. The highest BCUT2D eigenvalue weighted by Gasteiger charge is 1.96. The zero-order chi connectivity index (χ0) is 8.27. The summed E-state index contributed by atoms with van der Waals surface area (Å²) >= 11 is 1.42. The highest BCUT2D eigenvalue weighted by atomic mass is 32.2. The maximum Gasteiger partial charge on any atom is 0.257 e. The molecule has 0 fully saturated rings. The standard InChI is InChI=1S/C8H7NOS/c1-4-6-7(5-2)10-8(9-6)11-3/h1-2H2,3H3. The van der Waals surface area contributed by atoms with Crippen LogP contribution in [0.4, 0.5) is 0 Å². The number of hydrogen-bond acceptors (Lipinski definition) is 3. The molecule has 0 atom stereocenters. The molecule has 0 bridgehead atoms. The molecule has 2 nitrogen and oxygen atoms in total. The van der Waals surface area contributed by atoms with E-state index in [0.717, 1.165) is 0 Å². The second-order valence-corrected chi connectivity index (χ2v) is 2.47. The van der Waals surface area contributed by atoms with Gasteiger partial charge in [0.05, 0.1) is 0 Å². The minimum absolute atomic E-state index is 0.504. The molecule has 1 aromatic rings. The van der Waals surface area contributed by atoms with Crippen molar-refractivity contribution in [2.24, 2.45) is 0 Å². The fraction of sp³-hybridized carbons (Fsp3) is 0.125. The fourth-order valence-electron chi connectivity index (χ4n) is 0.627. The predicted octanol–water partition coefficient (Wildman–Crippen LogP) is 0.527. The molecule has 0 spiro atoms. The highest BCUT2D eigenvalue weighted by Crippen LogP contribution is 2.04. The molecule has 1 rings (SSSR count). The second kappa shape index (κ2) is 3.31. The average molecular weight is 165 g/mol. The Bertz CT molecular complexity index is 370. The first-order valence-electron chi connectivity index (χ1n) is 2.92. The molecular weight excluding hydrogens is 158 g/mol. The summed E-state index contributed by atoms with van der Waals surface area (Å²) in [5.41, 5.74) is 5.74. The number of aromatic nitrogens is 1. The van der Waals surface area contributed by atoms with Crippen molar-refractivity contribution in [1.82, 2.24) is 4.98 Å². The van der Waals surface area contributed by atoms with Crippen molar-refractivity contribution in [3.8, 4) is 0 Å². The van der Waals surface area contributed by atoms with Gasteiger partial charge in [0.2, 0.25) is 5.42 Å². The summed E-state index contributed by atoms with van der Waals surface area (Å²) in [6, 6.07) is 0. The highest BCUT2D eigenvalue weighted by molar-refractivity contribution is 7.98. The van der Waals surface area contributed by atoms with Crippen LogP contribution < -0.4 is 10.8 Å². The Labute approximate surface area is 68.6 Å². The first-order valence-corrected chi connectivity index (χ1v) is 4.15. The predicted molar refractivity (Wildman–Crippen MR) is 45.6 cm³/mol. The van der Waals surface area contributed by atoms with Gasteiger partial charge in [-0.2, -0.15) is 4.98 Å². The van der Waals surface area contributed by atoms with Crippen LogP contribution in [0.5, 0.6) is 0 Å². The number of nitrogens with zero attached hydrogens (tertiary/aromatic N) is 1. The van der Waals surface area contributed by atoms with E-state index < -0.39 is 0 Å². The number of rotatable bonds is 1. The Kier molecular flexibility index (Phi) is 2.40. The number of oxazole rings is 1. The lowest BCUT2D eigenvalue weighted by atomic mass is 10.6. The molecule has 0 aliphatic rings. The van der Waals surface area contributed by atoms with E-state index >= 15 is 0 Å². The van der Waals surface area contributed by atoms with Crippen molar-refractivity contribution in [2.45, 2.75) is 5.22 Å². The summed E-state index contributed by atoms with van der Waals surface area (Å²) in [4.78, 5) is 4.04. The van der Waals surface area contributed by atoms with E-state index in [-0.39, 0.29) is 0 Å². The van der Waals surface area contributed by atoms with Crippen molar-refractivity contribution in [1.29, 1.82) is 0 Å². The third-order valence-corrected chi connectivity index (χ3v) is 1.63. The van der Waals surface area contributed by atoms with Gasteiger partial charge in [0.15, 0.2) is 5.35 Å².